The van der Waals surface area contributed by atoms with Gasteiger partial charge in [-0.1, -0.05) is 17.7 Å². The highest BCUT2D eigenvalue weighted by Crippen LogP contribution is 2.23. The average Bonchev–Trinajstić information content (AvgIpc) is 3.10. The number of rotatable bonds is 3. The fraction of sp³-hybridized carbons (Fsp3) is 0.450. The van der Waals surface area contributed by atoms with Crippen molar-refractivity contribution in [2.24, 2.45) is 0 Å². The number of anilines is 1. The van der Waals surface area contributed by atoms with Crippen molar-refractivity contribution in [1.82, 2.24) is 14.5 Å². The van der Waals surface area contributed by atoms with Crippen molar-refractivity contribution in [2.75, 3.05) is 31.6 Å². The molecule has 2 aromatic rings. The zero-order valence-corrected chi connectivity index (χ0v) is 15.5. The Morgan fingerprint density at radius 2 is 1.81 bits per heavy atom. The van der Waals surface area contributed by atoms with Gasteiger partial charge in [-0.15, -0.1) is 0 Å². The van der Waals surface area contributed by atoms with Gasteiger partial charge >= 0.3 is 0 Å². The largest absolute Gasteiger partial charge is 0.378 e. The van der Waals surface area contributed by atoms with Crippen molar-refractivity contribution in [1.29, 1.82) is 0 Å². The highest BCUT2D eigenvalue weighted by atomic mass is 16.5. The summed E-state index contributed by atoms with van der Waals surface area (Å²) in [6.45, 7) is 4.93. The third kappa shape index (κ3) is 3.60. The van der Waals surface area contributed by atoms with Gasteiger partial charge in [0.25, 0.3) is 11.8 Å². The van der Waals surface area contributed by atoms with Gasteiger partial charge in [0.15, 0.2) is 11.5 Å². The second-order valence-corrected chi connectivity index (χ2v) is 7.06. The van der Waals surface area contributed by atoms with Crippen LogP contribution in [0.5, 0.6) is 0 Å². The van der Waals surface area contributed by atoms with Gasteiger partial charge in [-0.2, -0.15) is 0 Å². The highest BCUT2D eigenvalue weighted by Gasteiger charge is 2.30. The number of carbonyl (C=O) groups excluding carboxylic acids is 2. The van der Waals surface area contributed by atoms with E-state index in [9.17, 15) is 9.59 Å². The first kappa shape index (κ1) is 17.7. The van der Waals surface area contributed by atoms with Crippen LogP contribution in [0.15, 0.2) is 24.3 Å². The van der Waals surface area contributed by atoms with Gasteiger partial charge in [-0.3, -0.25) is 9.59 Å². The molecule has 0 unspecified atom stereocenters. The van der Waals surface area contributed by atoms with Gasteiger partial charge in [-0.25, -0.2) is 4.98 Å². The van der Waals surface area contributed by atoms with E-state index in [-0.39, 0.29) is 11.8 Å². The second-order valence-electron chi connectivity index (χ2n) is 7.06. The van der Waals surface area contributed by atoms with Gasteiger partial charge in [0.05, 0.1) is 18.9 Å². The number of amides is 2. The fourth-order valence-corrected chi connectivity index (χ4v) is 3.62. The molecule has 0 bridgehead atoms. The number of nitrogens with one attached hydrogen (secondary N) is 1. The zero-order valence-electron chi connectivity index (χ0n) is 15.5. The van der Waals surface area contributed by atoms with Crippen molar-refractivity contribution in [3.05, 3.63) is 47.0 Å². The number of imidazole rings is 1. The molecule has 0 atom stereocenters. The Morgan fingerprint density at radius 3 is 2.56 bits per heavy atom. The molecule has 2 amide bonds. The Kier molecular flexibility index (Phi) is 4.94. The van der Waals surface area contributed by atoms with E-state index >= 15 is 0 Å². The number of hydrogen-bond donors (Lipinski definition) is 1. The Hall–Kier alpha value is -2.67. The van der Waals surface area contributed by atoms with E-state index in [2.05, 4.69) is 10.3 Å². The monoisotopic (exact) mass is 368 g/mol. The van der Waals surface area contributed by atoms with Crippen molar-refractivity contribution in [3.8, 4) is 0 Å². The molecule has 3 heterocycles. The normalized spacial score (nSPS) is 16.7. The Labute approximate surface area is 158 Å². The molecule has 1 saturated heterocycles. The maximum atomic E-state index is 13.0. The predicted molar refractivity (Wildman–Crippen MR) is 101 cm³/mol. The molecule has 4 rings (SSSR count). The van der Waals surface area contributed by atoms with E-state index in [4.69, 9.17) is 4.74 Å². The summed E-state index contributed by atoms with van der Waals surface area (Å²) < 4.78 is 7.27. The number of carbonyl (C=O) groups is 2. The molecule has 1 fully saturated rings. The zero-order chi connectivity index (χ0) is 18.8. The molecule has 2 aliphatic heterocycles. The summed E-state index contributed by atoms with van der Waals surface area (Å²) in [6, 6.07) is 7.64. The summed E-state index contributed by atoms with van der Waals surface area (Å²) in [6.07, 6.45) is 2.76. The first-order valence-corrected chi connectivity index (χ1v) is 9.48. The van der Waals surface area contributed by atoms with E-state index in [0.29, 0.717) is 37.8 Å². The Morgan fingerprint density at radius 1 is 1.07 bits per heavy atom. The molecule has 0 aliphatic carbocycles. The predicted octanol–water partition coefficient (Wildman–Crippen LogP) is 2.25. The number of fused-ring (bicyclic) bond motifs is 1. The lowest BCUT2D eigenvalue weighted by Gasteiger charge is -2.27. The standard InChI is InChI=1S/C20H24N4O3/c1-14-5-7-15(8-6-14)21-19(25)17-16-4-2-3-9-24(16)18(22-17)20(26)23-10-12-27-13-11-23/h5-8H,2-4,9-13H2,1H3,(H,21,25). The molecule has 142 valence electrons. The molecule has 27 heavy (non-hydrogen) atoms. The van der Waals surface area contributed by atoms with Crippen molar-refractivity contribution >= 4 is 17.5 Å². The summed E-state index contributed by atoms with van der Waals surface area (Å²) in [5.74, 6) is 0.00187. The van der Waals surface area contributed by atoms with Crippen LogP contribution in [-0.4, -0.2) is 52.6 Å². The van der Waals surface area contributed by atoms with E-state index < -0.39 is 0 Å². The number of benzene rings is 1. The molecular weight excluding hydrogens is 344 g/mol. The van der Waals surface area contributed by atoms with Crippen molar-refractivity contribution in [2.45, 2.75) is 32.7 Å². The minimum atomic E-state index is -0.259. The number of ether oxygens (including phenoxy) is 1. The van der Waals surface area contributed by atoms with Crippen molar-refractivity contribution in [3.63, 3.8) is 0 Å². The molecule has 0 spiro atoms. The summed E-state index contributed by atoms with van der Waals surface area (Å²) in [7, 11) is 0. The number of nitrogens with zero attached hydrogens (tertiary/aromatic N) is 3. The molecular formula is C20H24N4O3. The molecule has 1 aromatic carbocycles. The third-order valence-electron chi connectivity index (χ3n) is 5.13. The van der Waals surface area contributed by atoms with Crippen LogP contribution in [0.4, 0.5) is 5.69 Å². The lowest BCUT2D eigenvalue weighted by atomic mass is 10.1. The van der Waals surface area contributed by atoms with Gasteiger partial charge in [0.2, 0.25) is 0 Å². The minimum Gasteiger partial charge on any atom is -0.378 e. The number of morpholine rings is 1. The maximum absolute atomic E-state index is 13.0. The van der Waals surface area contributed by atoms with E-state index in [1.165, 1.54) is 0 Å². The molecule has 0 saturated carbocycles. The average molecular weight is 368 g/mol. The fourth-order valence-electron chi connectivity index (χ4n) is 3.62. The van der Waals surface area contributed by atoms with Crippen LogP contribution in [0.2, 0.25) is 0 Å². The first-order chi connectivity index (χ1) is 13.1. The van der Waals surface area contributed by atoms with Gasteiger partial charge < -0.3 is 19.5 Å². The second kappa shape index (κ2) is 7.52. The van der Waals surface area contributed by atoms with Crippen LogP contribution in [0, 0.1) is 6.92 Å². The Bertz CT molecular complexity index is 851. The van der Waals surface area contributed by atoms with E-state index in [1.807, 2.05) is 35.8 Å². The molecule has 2 aliphatic rings. The van der Waals surface area contributed by atoms with E-state index in [0.717, 1.165) is 42.8 Å². The lowest BCUT2D eigenvalue weighted by molar-refractivity contribution is 0.0291. The van der Waals surface area contributed by atoms with Crippen LogP contribution in [0.3, 0.4) is 0 Å². The summed E-state index contributed by atoms with van der Waals surface area (Å²) in [4.78, 5) is 32.1. The first-order valence-electron chi connectivity index (χ1n) is 9.48. The van der Waals surface area contributed by atoms with Crippen LogP contribution < -0.4 is 5.32 Å². The van der Waals surface area contributed by atoms with Crippen LogP contribution in [-0.2, 0) is 17.7 Å². The summed E-state index contributed by atoms with van der Waals surface area (Å²) >= 11 is 0. The quantitative estimate of drug-likeness (QED) is 0.902. The topological polar surface area (TPSA) is 76.5 Å². The van der Waals surface area contributed by atoms with E-state index in [1.54, 1.807) is 4.90 Å². The number of hydrogen-bond acceptors (Lipinski definition) is 4. The number of aromatic nitrogens is 2. The summed E-state index contributed by atoms with van der Waals surface area (Å²) in [5.41, 5.74) is 3.09. The molecule has 7 nitrogen and oxygen atoms in total. The Balaban J connectivity index is 1.62. The maximum Gasteiger partial charge on any atom is 0.290 e. The minimum absolute atomic E-state index is 0.115. The van der Waals surface area contributed by atoms with Gasteiger partial charge in [0.1, 0.15) is 0 Å². The number of aryl methyl sites for hydroxylation is 1. The third-order valence-corrected chi connectivity index (χ3v) is 5.13. The van der Waals surface area contributed by atoms with Gasteiger partial charge in [0, 0.05) is 25.3 Å². The highest BCUT2D eigenvalue weighted by molar-refractivity contribution is 6.05. The lowest BCUT2D eigenvalue weighted by Crippen LogP contribution is -2.42. The van der Waals surface area contributed by atoms with Gasteiger partial charge in [-0.05, 0) is 38.3 Å². The molecule has 7 heteroatoms. The van der Waals surface area contributed by atoms with Crippen LogP contribution >= 0.6 is 0 Å². The molecule has 1 aromatic heterocycles. The smallest absolute Gasteiger partial charge is 0.290 e. The van der Waals surface area contributed by atoms with Crippen LogP contribution in [0.25, 0.3) is 0 Å². The SMILES string of the molecule is Cc1ccc(NC(=O)c2nc(C(=O)N3CCOCC3)n3c2CCCC3)cc1. The van der Waals surface area contributed by atoms with Crippen LogP contribution in [0.1, 0.15) is 45.2 Å². The molecule has 0 radical (unpaired) electrons. The molecule has 1 N–H and O–H groups in total. The van der Waals surface area contributed by atoms with Crippen molar-refractivity contribution < 1.29 is 14.3 Å². The summed E-state index contributed by atoms with van der Waals surface area (Å²) in [5, 5.41) is 2.91.